The summed E-state index contributed by atoms with van der Waals surface area (Å²) in [4.78, 5) is 11.8. The summed E-state index contributed by atoms with van der Waals surface area (Å²) < 4.78 is 0. The molecule has 0 heterocycles. The first kappa shape index (κ1) is 11.9. The van der Waals surface area contributed by atoms with Crippen LogP contribution in [0.5, 0.6) is 0 Å². The Labute approximate surface area is 98.2 Å². The summed E-state index contributed by atoms with van der Waals surface area (Å²) in [6, 6.07) is 0.527. The zero-order valence-electron chi connectivity index (χ0n) is 10.3. The van der Waals surface area contributed by atoms with Crippen molar-refractivity contribution in [2.45, 2.75) is 69.9 Å². The van der Waals surface area contributed by atoms with Crippen LogP contribution in [0.4, 0.5) is 0 Å². The second-order valence-corrected chi connectivity index (χ2v) is 5.46. The van der Waals surface area contributed by atoms with Crippen molar-refractivity contribution in [3.05, 3.63) is 0 Å². The number of hydrogen-bond donors (Lipinski definition) is 2. The number of carbonyl (C=O) groups excluding carboxylic acids is 1. The van der Waals surface area contributed by atoms with Crippen molar-refractivity contribution in [1.29, 1.82) is 0 Å². The van der Waals surface area contributed by atoms with E-state index in [1.165, 1.54) is 25.7 Å². The third kappa shape index (κ3) is 1.97. The molecule has 0 aromatic heterocycles. The normalized spacial score (nSPS) is 35.7. The largest absolute Gasteiger partial charge is 0.368 e. The first-order valence-corrected chi connectivity index (χ1v) is 6.76. The average molecular weight is 224 g/mol. The molecule has 16 heavy (non-hydrogen) atoms. The fraction of sp³-hybridized carbons (Fsp3) is 0.923. The summed E-state index contributed by atoms with van der Waals surface area (Å²) in [7, 11) is 0. The van der Waals surface area contributed by atoms with E-state index in [4.69, 9.17) is 5.73 Å². The molecule has 0 aromatic carbocycles. The number of nitrogens with two attached hydrogens (primary N) is 1. The molecular weight excluding hydrogens is 200 g/mol. The summed E-state index contributed by atoms with van der Waals surface area (Å²) in [5.74, 6) is 0.328. The van der Waals surface area contributed by atoms with Crippen molar-refractivity contribution in [1.82, 2.24) is 5.32 Å². The highest BCUT2D eigenvalue weighted by molar-refractivity contribution is 5.85. The highest BCUT2D eigenvalue weighted by Crippen LogP contribution is 2.39. The van der Waals surface area contributed by atoms with Gasteiger partial charge in [0.25, 0.3) is 0 Å². The Kier molecular flexibility index (Phi) is 3.53. The van der Waals surface area contributed by atoms with Crippen molar-refractivity contribution in [2.75, 3.05) is 0 Å². The summed E-state index contributed by atoms with van der Waals surface area (Å²) in [5.41, 5.74) is 5.29. The lowest BCUT2D eigenvalue weighted by molar-refractivity contribution is -0.126. The molecule has 2 saturated carbocycles. The lowest BCUT2D eigenvalue weighted by Crippen LogP contribution is -2.60. The number of hydrogen-bond acceptors (Lipinski definition) is 2. The van der Waals surface area contributed by atoms with Crippen LogP contribution in [0.1, 0.15) is 58.3 Å². The van der Waals surface area contributed by atoms with Gasteiger partial charge in [0.1, 0.15) is 5.54 Å². The molecule has 2 aliphatic rings. The van der Waals surface area contributed by atoms with Gasteiger partial charge >= 0.3 is 0 Å². The molecule has 0 bridgehead atoms. The molecule has 2 unspecified atom stereocenters. The molecule has 3 nitrogen and oxygen atoms in total. The maximum absolute atomic E-state index is 11.8. The highest BCUT2D eigenvalue weighted by Gasteiger charge is 2.47. The maximum atomic E-state index is 11.8. The van der Waals surface area contributed by atoms with Crippen molar-refractivity contribution in [3.8, 4) is 0 Å². The van der Waals surface area contributed by atoms with E-state index in [0.717, 1.165) is 25.7 Å². The molecule has 0 radical (unpaired) electrons. The molecule has 3 heteroatoms. The number of carbonyl (C=O) groups is 1. The van der Waals surface area contributed by atoms with E-state index in [-0.39, 0.29) is 11.4 Å². The predicted octanol–water partition coefficient (Wildman–Crippen LogP) is 1.95. The fourth-order valence-electron chi connectivity index (χ4n) is 3.65. The zero-order valence-corrected chi connectivity index (χ0v) is 10.3. The maximum Gasteiger partial charge on any atom is 0.238 e. The van der Waals surface area contributed by atoms with E-state index in [0.29, 0.717) is 12.0 Å². The number of nitrogens with one attached hydrogen (secondary N) is 1. The summed E-state index contributed by atoms with van der Waals surface area (Å²) in [6.45, 7) is 2.17. The lowest BCUT2D eigenvalue weighted by Gasteiger charge is -2.36. The van der Waals surface area contributed by atoms with Gasteiger partial charge < -0.3 is 11.1 Å². The van der Waals surface area contributed by atoms with E-state index < -0.39 is 0 Å². The second-order valence-electron chi connectivity index (χ2n) is 5.46. The van der Waals surface area contributed by atoms with E-state index >= 15 is 0 Å². The molecule has 3 N–H and O–H groups in total. The predicted molar refractivity (Wildman–Crippen MR) is 64.9 cm³/mol. The quantitative estimate of drug-likeness (QED) is 0.767. The molecule has 92 valence electrons. The minimum Gasteiger partial charge on any atom is -0.368 e. The standard InChI is InChI=1S/C13H24N2O/c1-2-10-6-5-9-13(10,12(14)16)15-11-7-3-4-8-11/h10-11,15H,2-9H2,1H3,(H2,14,16). The van der Waals surface area contributed by atoms with Gasteiger partial charge in [-0.3, -0.25) is 4.79 Å². The van der Waals surface area contributed by atoms with Gasteiger partial charge in [0.2, 0.25) is 5.91 Å². The SMILES string of the molecule is CCC1CCCC1(NC1CCCC1)C(N)=O. The monoisotopic (exact) mass is 224 g/mol. The molecule has 2 atom stereocenters. The average Bonchev–Trinajstić information content (AvgIpc) is 2.87. The Bertz CT molecular complexity index is 261. The van der Waals surface area contributed by atoms with E-state index in [9.17, 15) is 4.79 Å². The van der Waals surface area contributed by atoms with E-state index in [1.807, 2.05) is 0 Å². The Hall–Kier alpha value is -0.570. The minimum absolute atomic E-state index is 0.122. The van der Waals surface area contributed by atoms with Crippen LogP contribution in [-0.2, 0) is 4.79 Å². The van der Waals surface area contributed by atoms with Crippen LogP contribution in [0.15, 0.2) is 0 Å². The Morgan fingerprint density at radius 1 is 1.31 bits per heavy atom. The van der Waals surface area contributed by atoms with Crippen LogP contribution in [0.25, 0.3) is 0 Å². The zero-order chi connectivity index (χ0) is 11.6. The topological polar surface area (TPSA) is 55.1 Å². The first-order chi connectivity index (χ1) is 7.69. The van der Waals surface area contributed by atoms with Gasteiger partial charge in [-0.1, -0.05) is 32.6 Å². The van der Waals surface area contributed by atoms with Crippen molar-refractivity contribution in [3.63, 3.8) is 0 Å². The molecule has 2 fully saturated rings. The molecule has 0 spiro atoms. The van der Waals surface area contributed by atoms with Gasteiger partial charge in [0, 0.05) is 6.04 Å². The molecule has 2 aliphatic carbocycles. The Morgan fingerprint density at radius 2 is 2.00 bits per heavy atom. The van der Waals surface area contributed by atoms with Crippen LogP contribution in [0.2, 0.25) is 0 Å². The molecule has 2 rings (SSSR count). The van der Waals surface area contributed by atoms with Crippen molar-refractivity contribution < 1.29 is 4.79 Å². The van der Waals surface area contributed by atoms with Gasteiger partial charge in [-0.05, 0) is 31.6 Å². The Morgan fingerprint density at radius 3 is 2.56 bits per heavy atom. The summed E-state index contributed by atoms with van der Waals surface area (Å²) >= 11 is 0. The molecular formula is C13H24N2O. The van der Waals surface area contributed by atoms with Gasteiger partial charge in [0.15, 0.2) is 0 Å². The van der Waals surface area contributed by atoms with Gasteiger partial charge in [-0.15, -0.1) is 0 Å². The number of primary amides is 1. The smallest absolute Gasteiger partial charge is 0.238 e. The third-order valence-electron chi connectivity index (χ3n) is 4.57. The van der Waals surface area contributed by atoms with Crippen LogP contribution in [-0.4, -0.2) is 17.5 Å². The Balaban J connectivity index is 2.11. The second kappa shape index (κ2) is 4.74. The van der Waals surface area contributed by atoms with E-state index in [2.05, 4.69) is 12.2 Å². The summed E-state index contributed by atoms with van der Waals surface area (Å²) in [5, 5.41) is 3.62. The third-order valence-corrected chi connectivity index (χ3v) is 4.57. The highest BCUT2D eigenvalue weighted by atomic mass is 16.1. The van der Waals surface area contributed by atoms with Crippen LogP contribution >= 0.6 is 0 Å². The molecule has 1 amide bonds. The van der Waals surface area contributed by atoms with Crippen molar-refractivity contribution >= 4 is 5.91 Å². The van der Waals surface area contributed by atoms with Gasteiger partial charge in [0.05, 0.1) is 0 Å². The van der Waals surface area contributed by atoms with Crippen LogP contribution in [0, 0.1) is 5.92 Å². The van der Waals surface area contributed by atoms with E-state index in [1.54, 1.807) is 0 Å². The van der Waals surface area contributed by atoms with Gasteiger partial charge in [-0.2, -0.15) is 0 Å². The number of rotatable bonds is 4. The number of amides is 1. The summed E-state index contributed by atoms with van der Waals surface area (Å²) in [6.07, 6.45) is 9.31. The fourth-order valence-corrected chi connectivity index (χ4v) is 3.65. The molecule has 0 saturated heterocycles. The molecule has 0 aromatic rings. The van der Waals surface area contributed by atoms with Crippen LogP contribution < -0.4 is 11.1 Å². The van der Waals surface area contributed by atoms with Gasteiger partial charge in [-0.25, -0.2) is 0 Å². The minimum atomic E-state index is -0.385. The van der Waals surface area contributed by atoms with Crippen molar-refractivity contribution in [2.24, 2.45) is 11.7 Å². The first-order valence-electron chi connectivity index (χ1n) is 6.76. The molecule has 0 aliphatic heterocycles. The lowest BCUT2D eigenvalue weighted by atomic mass is 9.83. The van der Waals surface area contributed by atoms with Crippen LogP contribution in [0.3, 0.4) is 0 Å².